The third kappa shape index (κ3) is 6.36. The first-order valence-corrected chi connectivity index (χ1v) is 13.2. The van der Waals surface area contributed by atoms with Crippen molar-refractivity contribution in [3.63, 3.8) is 0 Å². The van der Waals surface area contributed by atoms with Crippen molar-refractivity contribution in [3.05, 3.63) is 47.7 Å². The van der Waals surface area contributed by atoms with Crippen LogP contribution in [-0.4, -0.2) is 119 Å². The van der Waals surface area contributed by atoms with Crippen molar-refractivity contribution in [2.45, 2.75) is 0 Å². The minimum atomic E-state index is -0.859. The molecule has 1 aliphatic rings. The minimum Gasteiger partial charge on any atom is -0.461 e. The first-order valence-electron chi connectivity index (χ1n) is 13.2. The van der Waals surface area contributed by atoms with Crippen molar-refractivity contribution >= 4 is 29.3 Å². The fourth-order valence-electron chi connectivity index (χ4n) is 4.53. The van der Waals surface area contributed by atoms with E-state index in [1.54, 1.807) is 19.2 Å². The highest BCUT2D eigenvalue weighted by atomic mass is 19.1. The van der Waals surface area contributed by atoms with Crippen LogP contribution in [0.15, 0.2) is 34.9 Å². The molecule has 13 nitrogen and oxygen atoms in total. The second kappa shape index (κ2) is 12.0. The Morgan fingerprint density at radius 2 is 1.85 bits per heavy atom. The van der Waals surface area contributed by atoms with Crippen molar-refractivity contribution in [2.75, 3.05) is 89.5 Å². The number of piperazine rings is 1. The Bertz CT molecular complexity index is 1500. The Kier molecular flexibility index (Phi) is 8.26. The fraction of sp³-hybridized carbons (Fsp3) is 0.423. The van der Waals surface area contributed by atoms with Crippen molar-refractivity contribution in [1.29, 1.82) is 0 Å². The summed E-state index contributed by atoms with van der Waals surface area (Å²) in [6.45, 7) is 4.65. The van der Waals surface area contributed by atoms with Gasteiger partial charge in [0.1, 0.15) is 11.6 Å². The molecule has 218 valence electrons. The molecule has 4 aromatic rings. The number of carbonyl (C=O) groups excluding carboxylic acids is 1. The summed E-state index contributed by atoms with van der Waals surface area (Å²) in [5.74, 6) is -0.396. The molecule has 1 saturated heterocycles. The van der Waals surface area contributed by atoms with Gasteiger partial charge in [0.15, 0.2) is 5.76 Å². The van der Waals surface area contributed by atoms with Crippen LogP contribution >= 0.6 is 0 Å². The van der Waals surface area contributed by atoms with Gasteiger partial charge >= 0.3 is 0 Å². The number of likely N-dealkylation sites (N-methyl/N-ethyl adjacent to an activating group) is 2. The second-order valence-corrected chi connectivity index (χ2v) is 10.1. The predicted molar refractivity (Wildman–Crippen MR) is 150 cm³/mol. The van der Waals surface area contributed by atoms with Gasteiger partial charge in [-0.3, -0.25) is 9.69 Å². The number of nitrogens with zero attached hydrogens (tertiary/aromatic N) is 9. The smallest absolute Gasteiger partial charge is 0.259 e. The van der Waals surface area contributed by atoms with E-state index in [0.717, 1.165) is 6.07 Å². The molecule has 1 aromatic carbocycles. The lowest BCUT2D eigenvalue weighted by Crippen LogP contribution is -2.48. The maximum atomic E-state index is 14.8. The van der Waals surface area contributed by atoms with Gasteiger partial charge in [0.05, 0.1) is 17.5 Å². The van der Waals surface area contributed by atoms with Gasteiger partial charge in [-0.05, 0) is 32.3 Å². The molecule has 0 atom stereocenters. The highest BCUT2D eigenvalue weighted by molar-refractivity contribution is 5.95. The summed E-state index contributed by atoms with van der Waals surface area (Å²) < 4.78 is 36.0. The molecule has 15 heteroatoms. The molecule has 0 unspecified atom stereocenters. The van der Waals surface area contributed by atoms with Crippen molar-refractivity contribution in [2.24, 2.45) is 0 Å². The van der Waals surface area contributed by atoms with E-state index in [1.807, 2.05) is 23.9 Å². The number of amides is 1. The minimum absolute atomic E-state index is 0.130. The number of benzene rings is 1. The van der Waals surface area contributed by atoms with E-state index in [1.165, 1.54) is 21.7 Å². The summed E-state index contributed by atoms with van der Waals surface area (Å²) in [5.41, 5.74) is 6.15. The Balaban J connectivity index is 1.16. The standard InChI is InChI=1S/C26H33F2N11O2/c1-35(2)8-9-36(3)23(40)17-15-20(19(28)16-18(17)27)38-12-10-37(11-13-38)7-6-30-25-32-24(29)39-26(33-25)31-22(34-39)21-5-4-14-41-21/h4-5,14-16H,6-13H2,1-3H3,(H3,29,30,31,32,33,34). The lowest BCUT2D eigenvalue weighted by Gasteiger charge is -2.36. The Hall–Kier alpha value is -4.37. The zero-order valence-corrected chi connectivity index (χ0v) is 23.2. The number of carbonyl (C=O) groups is 1. The third-order valence-corrected chi connectivity index (χ3v) is 6.90. The molecule has 5 rings (SSSR count). The average Bonchev–Trinajstić information content (AvgIpc) is 3.63. The van der Waals surface area contributed by atoms with E-state index in [0.29, 0.717) is 75.7 Å². The Morgan fingerprint density at radius 1 is 1.07 bits per heavy atom. The van der Waals surface area contributed by atoms with Crippen LogP contribution in [0.1, 0.15) is 10.4 Å². The Labute approximate surface area is 235 Å². The summed E-state index contributed by atoms with van der Waals surface area (Å²) in [7, 11) is 5.40. The van der Waals surface area contributed by atoms with Gasteiger partial charge < -0.3 is 30.2 Å². The van der Waals surface area contributed by atoms with Crippen LogP contribution in [0.5, 0.6) is 0 Å². The van der Waals surface area contributed by atoms with Gasteiger partial charge in [0.2, 0.25) is 17.7 Å². The number of nitrogen functional groups attached to an aromatic ring is 1. The van der Waals surface area contributed by atoms with Crippen molar-refractivity contribution in [1.82, 2.24) is 39.3 Å². The molecule has 0 saturated carbocycles. The second-order valence-electron chi connectivity index (χ2n) is 10.1. The zero-order valence-electron chi connectivity index (χ0n) is 23.2. The molecule has 0 bridgehead atoms. The monoisotopic (exact) mass is 569 g/mol. The molecule has 0 spiro atoms. The molecule has 4 heterocycles. The molecule has 1 aliphatic heterocycles. The third-order valence-electron chi connectivity index (χ3n) is 6.90. The zero-order chi connectivity index (χ0) is 29.1. The van der Waals surface area contributed by atoms with Gasteiger partial charge in [0.25, 0.3) is 11.7 Å². The van der Waals surface area contributed by atoms with E-state index in [9.17, 15) is 13.6 Å². The Morgan fingerprint density at radius 3 is 2.56 bits per heavy atom. The van der Waals surface area contributed by atoms with Crippen LogP contribution in [0.4, 0.5) is 26.4 Å². The summed E-state index contributed by atoms with van der Waals surface area (Å²) in [6, 6.07) is 5.61. The SMILES string of the molecule is CN(C)CCN(C)C(=O)c1cc(N2CCN(CCNc3nc(N)n4nc(-c5ccco5)nc4n3)CC2)c(F)cc1F. The van der Waals surface area contributed by atoms with E-state index in [4.69, 9.17) is 10.2 Å². The number of furan rings is 1. The molecule has 0 aliphatic carbocycles. The number of hydrogen-bond donors (Lipinski definition) is 2. The van der Waals surface area contributed by atoms with Crippen molar-refractivity contribution in [3.8, 4) is 11.6 Å². The van der Waals surface area contributed by atoms with Crippen LogP contribution < -0.4 is 16.0 Å². The summed E-state index contributed by atoms with van der Waals surface area (Å²) in [4.78, 5) is 33.3. The van der Waals surface area contributed by atoms with Crippen LogP contribution in [0.3, 0.4) is 0 Å². The maximum Gasteiger partial charge on any atom is 0.259 e. The number of rotatable bonds is 10. The predicted octanol–water partition coefficient (Wildman–Crippen LogP) is 1.51. The van der Waals surface area contributed by atoms with Gasteiger partial charge in [-0.15, -0.1) is 5.10 Å². The maximum absolute atomic E-state index is 14.8. The van der Waals surface area contributed by atoms with Crippen LogP contribution in [0.2, 0.25) is 0 Å². The van der Waals surface area contributed by atoms with Gasteiger partial charge in [-0.2, -0.15) is 19.5 Å². The normalized spacial score (nSPS) is 14.2. The summed E-state index contributed by atoms with van der Waals surface area (Å²) in [6.07, 6.45) is 1.53. The van der Waals surface area contributed by atoms with Crippen LogP contribution in [0.25, 0.3) is 17.4 Å². The lowest BCUT2D eigenvalue weighted by molar-refractivity contribution is 0.0781. The van der Waals surface area contributed by atoms with E-state index >= 15 is 0 Å². The molecule has 41 heavy (non-hydrogen) atoms. The van der Waals surface area contributed by atoms with E-state index in [-0.39, 0.29) is 17.2 Å². The molecular weight excluding hydrogens is 536 g/mol. The number of hydrogen-bond acceptors (Lipinski definition) is 11. The van der Waals surface area contributed by atoms with Gasteiger partial charge in [-0.1, -0.05) is 0 Å². The van der Waals surface area contributed by atoms with Gasteiger partial charge in [-0.25, -0.2) is 8.78 Å². The largest absolute Gasteiger partial charge is 0.461 e. The van der Waals surface area contributed by atoms with E-state index < -0.39 is 17.5 Å². The fourth-order valence-corrected chi connectivity index (χ4v) is 4.53. The molecule has 1 amide bonds. The van der Waals surface area contributed by atoms with E-state index in [2.05, 4.69) is 30.3 Å². The molecule has 3 aromatic heterocycles. The highest BCUT2D eigenvalue weighted by Gasteiger charge is 2.24. The quantitative estimate of drug-likeness (QED) is 0.288. The number of fused-ring (bicyclic) bond motifs is 1. The topological polar surface area (TPSA) is 137 Å². The van der Waals surface area contributed by atoms with Crippen LogP contribution in [-0.2, 0) is 0 Å². The highest BCUT2D eigenvalue weighted by Crippen LogP contribution is 2.25. The number of aromatic nitrogens is 5. The van der Waals surface area contributed by atoms with Gasteiger partial charge in [0, 0.05) is 65.5 Å². The number of nitrogens with two attached hydrogens (primary N) is 1. The van der Waals surface area contributed by atoms with Crippen molar-refractivity contribution < 1.29 is 18.0 Å². The summed E-state index contributed by atoms with van der Waals surface area (Å²) in [5, 5.41) is 7.45. The lowest BCUT2D eigenvalue weighted by atomic mass is 10.1. The first kappa shape index (κ1) is 28.2. The van der Waals surface area contributed by atoms with Crippen LogP contribution in [0, 0.1) is 11.6 Å². The number of nitrogens with one attached hydrogen (secondary N) is 1. The first-order chi connectivity index (χ1) is 19.7. The number of anilines is 3. The molecule has 3 N–H and O–H groups in total. The number of halogens is 2. The molecule has 0 radical (unpaired) electrons. The summed E-state index contributed by atoms with van der Waals surface area (Å²) >= 11 is 0. The molecule has 1 fully saturated rings. The average molecular weight is 570 g/mol. The molecular formula is C26H33F2N11O2.